The van der Waals surface area contributed by atoms with Gasteiger partial charge in [0.1, 0.15) is 5.01 Å². The van der Waals surface area contributed by atoms with Gasteiger partial charge in [-0.05, 0) is 0 Å². The van der Waals surface area contributed by atoms with Crippen LogP contribution in [0.25, 0.3) is 0 Å². The van der Waals surface area contributed by atoms with Crippen molar-refractivity contribution in [2.24, 2.45) is 4.99 Å². The first-order valence-corrected chi connectivity index (χ1v) is 7.53. The number of esters is 1. The van der Waals surface area contributed by atoms with E-state index in [0.717, 1.165) is 15.6 Å². The summed E-state index contributed by atoms with van der Waals surface area (Å²) in [5.41, 5.74) is 1.20. The number of nitrogens with zero attached hydrogens (tertiary/aromatic N) is 2. The third-order valence-corrected chi connectivity index (χ3v) is 4.47. The molecule has 7 heteroatoms. The number of aliphatic imine (C=N–C) groups is 1. The molecule has 0 bridgehead atoms. The normalized spacial score (nSPS) is 15.4. The Bertz CT molecular complexity index is 509. The van der Waals surface area contributed by atoms with Gasteiger partial charge in [-0.3, -0.25) is 0 Å². The molecule has 1 aromatic rings. The molecule has 1 aliphatic heterocycles. The van der Waals surface area contributed by atoms with E-state index in [-0.39, 0.29) is 0 Å². The monoisotopic (exact) mass is 298 g/mol. The molecule has 0 aliphatic carbocycles. The summed E-state index contributed by atoms with van der Waals surface area (Å²) in [5.74, 6) is 0.305. The summed E-state index contributed by atoms with van der Waals surface area (Å²) in [6.45, 7) is 0.560. The number of carbonyl (C=O) groups is 1. The lowest BCUT2D eigenvalue weighted by Crippen LogP contribution is -2.16. The number of rotatable bonds is 5. The minimum absolute atomic E-state index is 0.376. The number of aromatic nitrogens is 1. The molecule has 1 aromatic heterocycles. The lowest BCUT2D eigenvalue weighted by Gasteiger charge is -2.16. The topological polar surface area (TPSA) is 60.8 Å². The second-order valence-corrected chi connectivity index (χ2v) is 5.66. The summed E-state index contributed by atoms with van der Waals surface area (Å²) in [6, 6.07) is 0. The fourth-order valence-electron chi connectivity index (χ4n) is 1.57. The van der Waals surface area contributed by atoms with Crippen molar-refractivity contribution in [1.82, 2.24) is 4.98 Å². The molecule has 0 amide bonds. The van der Waals surface area contributed by atoms with Gasteiger partial charge in [0.25, 0.3) is 0 Å². The second-order valence-electron chi connectivity index (χ2n) is 3.69. The lowest BCUT2D eigenvalue weighted by atomic mass is 10.3. The maximum Gasteiger partial charge on any atom is 0.357 e. The van der Waals surface area contributed by atoms with Gasteiger partial charge in [0, 0.05) is 35.8 Å². The van der Waals surface area contributed by atoms with Gasteiger partial charge >= 0.3 is 5.97 Å². The van der Waals surface area contributed by atoms with Crippen LogP contribution in [0.3, 0.4) is 0 Å². The summed E-state index contributed by atoms with van der Waals surface area (Å²) in [5, 5.41) is 2.74. The molecule has 1 aliphatic rings. The van der Waals surface area contributed by atoms with Crippen molar-refractivity contribution >= 4 is 34.8 Å². The van der Waals surface area contributed by atoms with E-state index in [2.05, 4.69) is 9.98 Å². The zero-order chi connectivity index (χ0) is 13.7. The van der Waals surface area contributed by atoms with Crippen molar-refractivity contribution in [3.05, 3.63) is 27.2 Å². The van der Waals surface area contributed by atoms with E-state index >= 15 is 0 Å². The van der Waals surface area contributed by atoms with Crippen LogP contribution in [0, 0.1) is 0 Å². The molecule has 0 fully saturated rings. The van der Waals surface area contributed by atoms with Crippen molar-refractivity contribution in [3.8, 4) is 0 Å². The van der Waals surface area contributed by atoms with Gasteiger partial charge in [-0.1, -0.05) is 0 Å². The molecule has 0 atom stereocenters. The molecule has 19 heavy (non-hydrogen) atoms. The van der Waals surface area contributed by atoms with Crippen LogP contribution in [0.5, 0.6) is 0 Å². The van der Waals surface area contributed by atoms with Gasteiger partial charge in [0.05, 0.1) is 19.4 Å². The van der Waals surface area contributed by atoms with Crippen LogP contribution in [0.15, 0.2) is 27.2 Å². The maximum atomic E-state index is 11.8. The highest BCUT2D eigenvalue weighted by molar-refractivity contribution is 8.03. The Labute approximate surface area is 119 Å². The number of carbonyl (C=O) groups excluding carboxylic acids is 1. The van der Waals surface area contributed by atoms with E-state index in [1.807, 2.05) is 5.38 Å². The first-order chi connectivity index (χ1) is 9.26. The Balaban J connectivity index is 2.30. The highest BCUT2D eigenvalue weighted by Gasteiger charge is 2.23. The van der Waals surface area contributed by atoms with Gasteiger partial charge in [-0.2, -0.15) is 0 Å². The Hall–Kier alpha value is -1.18. The third kappa shape index (κ3) is 3.43. The molecule has 0 saturated heterocycles. The summed E-state index contributed by atoms with van der Waals surface area (Å²) in [7, 11) is 3.00. The summed E-state index contributed by atoms with van der Waals surface area (Å²) in [4.78, 5) is 21.4. The number of thiazole rings is 1. The zero-order valence-electron chi connectivity index (χ0n) is 10.7. The molecule has 0 N–H and O–H groups in total. The standard InChI is InChI=1S/C12H14N2O3S2/c1-16-5-3-9-10(12(15)17-2)14-8(7-19-9)11-13-4-6-18-11/h4,6H,3,5,7H2,1-2H3. The zero-order valence-corrected chi connectivity index (χ0v) is 12.3. The van der Waals surface area contributed by atoms with Crippen LogP contribution in [-0.4, -0.2) is 43.2 Å². The minimum Gasteiger partial charge on any atom is -0.464 e. The van der Waals surface area contributed by atoms with Gasteiger partial charge in [-0.15, -0.1) is 23.1 Å². The van der Waals surface area contributed by atoms with E-state index in [0.29, 0.717) is 24.5 Å². The van der Waals surface area contributed by atoms with Crippen LogP contribution in [0.1, 0.15) is 11.4 Å². The van der Waals surface area contributed by atoms with E-state index in [9.17, 15) is 4.79 Å². The molecule has 0 radical (unpaired) electrons. The van der Waals surface area contributed by atoms with Crippen molar-refractivity contribution < 1.29 is 14.3 Å². The highest BCUT2D eigenvalue weighted by atomic mass is 32.2. The fourth-order valence-corrected chi connectivity index (χ4v) is 3.29. The van der Waals surface area contributed by atoms with E-state index in [4.69, 9.17) is 9.47 Å². The number of methoxy groups -OCH3 is 2. The third-order valence-electron chi connectivity index (χ3n) is 2.49. The molecular weight excluding hydrogens is 284 g/mol. The van der Waals surface area contributed by atoms with Crippen molar-refractivity contribution in [2.45, 2.75) is 6.42 Å². The Morgan fingerprint density at radius 2 is 2.32 bits per heavy atom. The molecule has 102 valence electrons. The number of hydrogen-bond donors (Lipinski definition) is 0. The Morgan fingerprint density at radius 1 is 1.47 bits per heavy atom. The Kier molecular flexibility index (Phi) is 5.12. The van der Waals surface area contributed by atoms with Crippen molar-refractivity contribution in [2.75, 3.05) is 26.6 Å². The molecular formula is C12H14N2O3S2. The molecule has 5 nitrogen and oxygen atoms in total. The van der Waals surface area contributed by atoms with Crippen LogP contribution < -0.4 is 0 Å². The minimum atomic E-state index is -0.410. The van der Waals surface area contributed by atoms with Gasteiger partial charge in [0.2, 0.25) is 0 Å². The first-order valence-electron chi connectivity index (χ1n) is 5.67. The van der Waals surface area contributed by atoms with Crippen LogP contribution in [-0.2, 0) is 14.3 Å². The SMILES string of the molecule is COCCC1=C(C(=O)OC)N=C(c2nccs2)CS1. The molecule has 0 spiro atoms. The smallest absolute Gasteiger partial charge is 0.357 e. The maximum absolute atomic E-state index is 11.8. The van der Waals surface area contributed by atoms with Crippen molar-refractivity contribution in [3.63, 3.8) is 0 Å². The first kappa shape index (κ1) is 14.2. The molecule has 2 rings (SSSR count). The van der Waals surface area contributed by atoms with Gasteiger partial charge in [0.15, 0.2) is 5.70 Å². The number of thioether (sulfide) groups is 1. The van der Waals surface area contributed by atoms with E-state index < -0.39 is 5.97 Å². The number of ether oxygens (including phenoxy) is 2. The predicted octanol–water partition coefficient (Wildman–Crippen LogP) is 2.10. The molecule has 2 heterocycles. The van der Waals surface area contributed by atoms with Crippen LogP contribution in [0.2, 0.25) is 0 Å². The quantitative estimate of drug-likeness (QED) is 0.779. The van der Waals surface area contributed by atoms with Crippen LogP contribution in [0.4, 0.5) is 0 Å². The summed E-state index contributed by atoms with van der Waals surface area (Å²) in [6.07, 6.45) is 2.40. The highest BCUT2D eigenvalue weighted by Crippen LogP contribution is 2.31. The Morgan fingerprint density at radius 3 is 2.95 bits per heavy atom. The van der Waals surface area contributed by atoms with Gasteiger partial charge in [-0.25, -0.2) is 14.8 Å². The summed E-state index contributed by atoms with van der Waals surface area (Å²) >= 11 is 3.11. The van der Waals surface area contributed by atoms with E-state index in [1.165, 1.54) is 18.4 Å². The van der Waals surface area contributed by atoms with Crippen molar-refractivity contribution in [1.29, 1.82) is 0 Å². The van der Waals surface area contributed by atoms with Gasteiger partial charge < -0.3 is 9.47 Å². The largest absolute Gasteiger partial charge is 0.464 e. The molecule has 0 aromatic carbocycles. The average molecular weight is 298 g/mol. The second kappa shape index (κ2) is 6.83. The lowest BCUT2D eigenvalue weighted by molar-refractivity contribution is -0.136. The number of hydrogen-bond acceptors (Lipinski definition) is 7. The molecule has 0 saturated carbocycles. The van der Waals surface area contributed by atoms with Crippen LogP contribution >= 0.6 is 23.1 Å². The summed E-state index contributed by atoms with van der Waals surface area (Å²) < 4.78 is 9.84. The van der Waals surface area contributed by atoms with E-state index in [1.54, 1.807) is 25.1 Å². The average Bonchev–Trinajstić information content (AvgIpc) is 2.98. The predicted molar refractivity (Wildman–Crippen MR) is 76.6 cm³/mol. The molecule has 0 unspecified atom stereocenters. The fraction of sp³-hybridized carbons (Fsp3) is 0.417.